The highest BCUT2D eigenvalue weighted by atomic mass is 16.5. The number of aromatic amines is 1. The molecule has 0 aliphatic rings. The van der Waals surface area contributed by atoms with Gasteiger partial charge in [-0.2, -0.15) is 0 Å². The van der Waals surface area contributed by atoms with Crippen LogP contribution in [0.15, 0.2) is 48.7 Å². The molecule has 2 rings (SSSR count). The molecule has 0 spiro atoms. The fourth-order valence-corrected chi connectivity index (χ4v) is 2.22. The number of rotatable bonds is 6. The van der Waals surface area contributed by atoms with Gasteiger partial charge in [0.2, 0.25) is 6.10 Å². The summed E-state index contributed by atoms with van der Waals surface area (Å²) in [5, 5.41) is 0. The summed E-state index contributed by atoms with van der Waals surface area (Å²) in [7, 11) is 0. The largest absolute Gasteiger partial charge is 0.443 e. The number of hydrogen-bond acceptors (Lipinski definition) is 3. The smallest absolute Gasteiger partial charge is 0.355 e. The number of carbonyl (C=O) groups excluding carboxylic acids is 2. The SMILES string of the molecule is CCN(CC)C(=O)[C@H](OC(=O)c1ccc[nH]1)c1ccccc1. The van der Waals surface area contributed by atoms with Crippen LogP contribution in [-0.4, -0.2) is 34.8 Å². The number of esters is 1. The molecule has 5 heteroatoms. The lowest BCUT2D eigenvalue weighted by Crippen LogP contribution is -2.36. The molecule has 1 atom stereocenters. The molecule has 1 amide bonds. The Morgan fingerprint density at radius 1 is 1.09 bits per heavy atom. The van der Waals surface area contributed by atoms with E-state index in [0.29, 0.717) is 24.3 Å². The number of carbonyl (C=O) groups is 2. The number of nitrogens with zero attached hydrogens (tertiary/aromatic N) is 1. The van der Waals surface area contributed by atoms with Gasteiger partial charge in [0.25, 0.3) is 5.91 Å². The minimum atomic E-state index is -0.933. The van der Waals surface area contributed by atoms with Crippen molar-refractivity contribution in [3.8, 4) is 0 Å². The highest BCUT2D eigenvalue weighted by Crippen LogP contribution is 2.21. The Bertz CT molecular complexity index is 604. The first-order chi connectivity index (χ1) is 10.7. The normalized spacial score (nSPS) is 11.7. The van der Waals surface area contributed by atoms with Crippen LogP contribution in [0, 0.1) is 0 Å². The Labute approximate surface area is 129 Å². The maximum Gasteiger partial charge on any atom is 0.355 e. The lowest BCUT2D eigenvalue weighted by atomic mass is 10.1. The number of aromatic nitrogens is 1. The van der Waals surface area contributed by atoms with E-state index in [-0.39, 0.29) is 5.91 Å². The fraction of sp³-hybridized carbons (Fsp3) is 0.294. The third kappa shape index (κ3) is 3.55. The van der Waals surface area contributed by atoms with Crippen molar-refractivity contribution in [2.45, 2.75) is 20.0 Å². The van der Waals surface area contributed by atoms with Crippen molar-refractivity contribution >= 4 is 11.9 Å². The number of H-pyrrole nitrogens is 1. The highest BCUT2D eigenvalue weighted by molar-refractivity contribution is 5.91. The van der Waals surface area contributed by atoms with E-state index in [1.165, 1.54) is 0 Å². The molecule has 0 aliphatic heterocycles. The third-order valence-corrected chi connectivity index (χ3v) is 3.44. The number of amides is 1. The third-order valence-electron chi connectivity index (χ3n) is 3.44. The summed E-state index contributed by atoms with van der Waals surface area (Å²) >= 11 is 0. The Kier molecular flexibility index (Phi) is 5.36. The molecule has 0 saturated heterocycles. The average Bonchev–Trinajstić information content (AvgIpc) is 3.09. The second kappa shape index (κ2) is 7.45. The molecule has 0 unspecified atom stereocenters. The molecule has 0 bridgehead atoms. The molecule has 22 heavy (non-hydrogen) atoms. The van der Waals surface area contributed by atoms with Crippen LogP contribution >= 0.6 is 0 Å². The topological polar surface area (TPSA) is 62.4 Å². The minimum absolute atomic E-state index is 0.212. The number of benzene rings is 1. The molecule has 1 aromatic carbocycles. The molecule has 5 nitrogen and oxygen atoms in total. The molecular formula is C17H20N2O3. The van der Waals surface area contributed by atoms with Gasteiger partial charge in [0.05, 0.1) is 0 Å². The first-order valence-corrected chi connectivity index (χ1v) is 7.35. The summed E-state index contributed by atoms with van der Waals surface area (Å²) < 4.78 is 5.47. The maximum absolute atomic E-state index is 12.6. The summed E-state index contributed by atoms with van der Waals surface area (Å²) in [6.45, 7) is 4.93. The minimum Gasteiger partial charge on any atom is -0.443 e. The lowest BCUT2D eigenvalue weighted by molar-refractivity contribution is -0.140. The first-order valence-electron chi connectivity index (χ1n) is 7.35. The molecular weight excluding hydrogens is 280 g/mol. The van der Waals surface area contributed by atoms with Crippen molar-refractivity contribution in [1.29, 1.82) is 0 Å². The van der Waals surface area contributed by atoms with Gasteiger partial charge < -0.3 is 14.6 Å². The van der Waals surface area contributed by atoms with E-state index in [1.54, 1.807) is 35.4 Å². The number of hydrogen-bond donors (Lipinski definition) is 1. The van der Waals surface area contributed by atoms with E-state index >= 15 is 0 Å². The average molecular weight is 300 g/mol. The molecule has 1 N–H and O–H groups in total. The molecule has 1 aromatic heterocycles. The Hall–Kier alpha value is -2.56. The van der Waals surface area contributed by atoms with Crippen LogP contribution in [0.4, 0.5) is 0 Å². The summed E-state index contributed by atoms with van der Waals surface area (Å²) in [4.78, 5) is 29.3. The van der Waals surface area contributed by atoms with E-state index in [9.17, 15) is 9.59 Å². The van der Waals surface area contributed by atoms with Gasteiger partial charge >= 0.3 is 5.97 Å². The summed E-state index contributed by atoms with van der Waals surface area (Å²) in [6.07, 6.45) is 0.706. The molecule has 2 aromatic rings. The number of likely N-dealkylation sites (N-methyl/N-ethyl adjacent to an activating group) is 1. The van der Waals surface area contributed by atoms with Crippen molar-refractivity contribution in [2.75, 3.05) is 13.1 Å². The zero-order chi connectivity index (χ0) is 15.9. The van der Waals surface area contributed by atoms with E-state index in [4.69, 9.17) is 4.74 Å². The van der Waals surface area contributed by atoms with Gasteiger partial charge in [0, 0.05) is 24.8 Å². The van der Waals surface area contributed by atoms with Crippen LogP contribution in [0.25, 0.3) is 0 Å². The van der Waals surface area contributed by atoms with Crippen LogP contribution in [0.5, 0.6) is 0 Å². The molecule has 116 valence electrons. The van der Waals surface area contributed by atoms with Crippen molar-refractivity contribution in [3.05, 3.63) is 59.9 Å². The summed E-state index contributed by atoms with van der Waals surface area (Å²) in [5.74, 6) is -0.754. The predicted molar refractivity (Wildman–Crippen MR) is 83.3 cm³/mol. The molecule has 0 fully saturated rings. The molecule has 0 saturated carbocycles. The van der Waals surface area contributed by atoms with Crippen LogP contribution < -0.4 is 0 Å². The summed E-state index contributed by atoms with van der Waals surface area (Å²) in [5.41, 5.74) is 0.993. The van der Waals surface area contributed by atoms with E-state index in [2.05, 4.69) is 4.98 Å². The molecule has 0 aliphatic carbocycles. The van der Waals surface area contributed by atoms with Gasteiger partial charge in [-0.25, -0.2) is 4.79 Å². The fourth-order valence-electron chi connectivity index (χ4n) is 2.22. The first kappa shape index (κ1) is 15.8. The van der Waals surface area contributed by atoms with Crippen molar-refractivity contribution in [2.24, 2.45) is 0 Å². The van der Waals surface area contributed by atoms with Crippen LogP contribution in [0.1, 0.15) is 36.0 Å². The van der Waals surface area contributed by atoms with Crippen molar-refractivity contribution in [3.63, 3.8) is 0 Å². The highest BCUT2D eigenvalue weighted by Gasteiger charge is 2.28. The summed E-state index contributed by atoms with van der Waals surface area (Å²) in [6, 6.07) is 12.4. The van der Waals surface area contributed by atoms with Gasteiger partial charge in [-0.05, 0) is 26.0 Å². The quantitative estimate of drug-likeness (QED) is 0.834. The second-order valence-corrected chi connectivity index (χ2v) is 4.79. The Morgan fingerprint density at radius 3 is 2.32 bits per heavy atom. The predicted octanol–water partition coefficient (Wildman–Crippen LogP) is 2.78. The monoisotopic (exact) mass is 300 g/mol. The van der Waals surface area contributed by atoms with Crippen LogP contribution in [0.2, 0.25) is 0 Å². The zero-order valence-corrected chi connectivity index (χ0v) is 12.8. The second-order valence-electron chi connectivity index (χ2n) is 4.79. The van der Waals surface area contributed by atoms with Gasteiger partial charge in [0.15, 0.2) is 0 Å². The Balaban J connectivity index is 2.26. The number of ether oxygens (including phenoxy) is 1. The van der Waals surface area contributed by atoms with Gasteiger partial charge in [-0.1, -0.05) is 30.3 Å². The van der Waals surface area contributed by atoms with Gasteiger partial charge in [-0.15, -0.1) is 0 Å². The van der Waals surface area contributed by atoms with Crippen molar-refractivity contribution < 1.29 is 14.3 Å². The van der Waals surface area contributed by atoms with Crippen LogP contribution in [-0.2, 0) is 9.53 Å². The van der Waals surface area contributed by atoms with E-state index in [0.717, 1.165) is 0 Å². The van der Waals surface area contributed by atoms with Crippen molar-refractivity contribution in [1.82, 2.24) is 9.88 Å². The standard InChI is InChI=1S/C17H20N2O3/c1-3-19(4-2)16(20)15(13-9-6-5-7-10-13)22-17(21)14-11-8-12-18-14/h5-12,15,18H,3-4H2,1-2H3/t15-/m1/s1. The lowest BCUT2D eigenvalue weighted by Gasteiger charge is -2.25. The van der Waals surface area contributed by atoms with Crippen LogP contribution in [0.3, 0.4) is 0 Å². The van der Waals surface area contributed by atoms with Gasteiger partial charge in [-0.3, -0.25) is 4.79 Å². The van der Waals surface area contributed by atoms with E-state index < -0.39 is 12.1 Å². The zero-order valence-electron chi connectivity index (χ0n) is 12.8. The Morgan fingerprint density at radius 2 is 1.77 bits per heavy atom. The maximum atomic E-state index is 12.6. The molecule has 0 radical (unpaired) electrons. The molecule has 1 heterocycles. The number of nitrogens with one attached hydrogen (secondary N) is 1. The van der Waals surface area contributed by atoms with E-state index in [1.807, 2.05) is 32.0 Å². The van der Waals surface area contributed by atoms with Gasteiger partial charge in [0.1, 0.15) is 5.69 Å².